The predicted octanol–water partition coefficient (Wildman–Crippen LogP) is 3.60. The van der Waals surface area contributed by atoms with Crippen molar-refractivity contribution in [2.24, 2.45) is 7.05 Å². The SMILES string of the molecule is CCCNc1nc(-c2cn(C)nc2C(C)(C)C)ncc1I. The van der Waals surface area contributed by atoms with Gasteiger partial charge in [0.05, 0.1) is 14.8 Å². The Balaban J connectivity index is 2.47. The molecule has 0 saturated carbocycles. The smallest absolute Gasteiger partial charge is 0.165 e. The maximum absolute atomic E-state index is 4.68. The van der Waals surface area contributed by atoms with Gasteiger partial charge in [0.25, 0.3) is 0 Å². The van der Waals surface area contributed by atoms with Crippen LogP contribution < -0.4 is 5.32 Å². The van der Waals surface area contributed by atoms with E-state index in [1.165, 1.54) is 0 Å². The molecule has 0 aromatic carbocycles. The molecule has 5 nitrogen and oxygen atoms in total. The maximum atomic E-state index is 4.68. The highest BCUT2D eigenvalue weighted by molar-refractivity contribution is 14.1. The van der Waals surface area contributed by atoms with Crippen molar-refractivity contribution in [3.05, 3.63) is 21.7 Å². The summed E-state index contributed by atoms with van der Waals surface area (Å²) >= 11 is 2.26. The second kappa shape index (κ2) is 6.29. The second-order valence-electron chi connectivity index (χ2n) is 6.13. The molecule has 2 aromatic rings. The summed E-state index contributed by atoms with van der Waals surface area (Å²) in [5, 5.41) is 7.94. The summed E-state index contributed by atoms with van der Waals surface area (Å²) in [6, 6.07) is 0. The van der Waals surface area contributed by atoms with Gasteiger partial charge in [-0.2, -0.15) is 5.10 Å². The van der Waals surface area contributed by atoms with Crippen LogP contribution in [0.25, 0.3) is 11.4 Å². The van der Waals surface area contributed by atoms with Gasteiger partial charge in [-0.25, -0.2) is 9.97 Å². The summed E-state index contributed by atoms with van der Waals surface area (Å²) in [5.41, 5.74) is 1.98. The fourth-order valence-electron chi connectivity index (χ4n) is 2.07. The average Bonchev–Trinajstić information content (AvgIpc) is 2.80. The molecule has 0 radical (unpaired) electrons. The molecule has 6 heteroatoms. The van der Waals surface area contributed by atoms with Crippen LogP contribution >= 0.6 is 22.6 Å². The Morgan fingerprint density at radius 3 is 2.67 bits per heavy atom. The molecule has 0 atom stereocenters. The Morgan fingerprint density at radius 2 is 2.05 bits per heavy atom. The first-order chi connectivity index (χ1) is 9.82. The van der Waals surface area contributed by atoms with E-state index in [4.69, 9.17) is 0 Å². The van der Waals surface area contributed by atoms with Crippen LogP contribution in [0.2, 0.25) is 0 Å². The Bertz CT molecular complexity index is 627. The molecule has 2 heterocycles. The largest absolute Gasteiger partial charge is 0.369 e. The van der Waals surface area contributed by atoms with Crippen molar-refractivity contribution in [2.75, 3.05) is 11.9 Å². The Kier molecular flexibility index (Phi) is 4.85. The van der Waals surface area contributed by atoms with E-state index < -0.39 is 0 Å². The van der Waals surface area contributed by atoms with Crippen molar-refractivity contribution in [1.82, 2.24) is 19.7 Å². The highest BCUT2D eigenvalue weighted by atomic mass is 127. The average molecular weight is 399 g/mol. The molecule has 0 aliphatic rings. The van der Waals surface area contributed by atoms with E-state index in [1.807, 2.05) is 24.1 Å². The van der Waals surface area contributed by atoms with Gasteiger partial charge in [-0.15, -0.1) is 0 Å². The third-order valence-corrected chi connectivity index (χ3v) is 3.86. The van der Waals surface area contributed by atoms with Crippen molar-refractivity contribution < 1.29 is 0 Å². The van der Waals surface area contributed by atoms with Crippen molar-refractivity contribution in [3.63, 3.8) is 0 Å². The van der Waals surface area contributed by atoms with Gasteiger partial charge in [0, 0.05) is 31.4 Å². The van der Waals surface area contributed by atoms with E-state index in [1.54, 1.807) is 0 Å². The number of rotatable bonds is 4. The Hall–Kier alpha value is -1.18. The van der Waals surface area contributed by atoms with Gasteiger partial charge >= 0.3 is 0 Å². The Labute approximate surface area is 139 Å². The molecular formula is C15H22IN5. The van der Waals surface area contributed by atoms with Crippen molar-refractivity contribution in [1.29, 1.82) is 0 Å². The molecule has 0 amide bonds. The minimum absolute atomic E-state index is 0.0417. The summed E-state index contributed by atoms with van der Waals surface area (Å²) in [6.45, 7) is 9.51. The number of halogens is 1. The molecule has 0 aliphatic heterocycles. The highest BCUT2D eigenvalue weighted by Crippen LogP contribution is 2.30. The lowest BCUT2D eigenvalue weighted by Gasteiger charge is -2.17. The molecule has 0 bridgehead atoms. The molecule has 2 rings (SSSR count). The van der Waals surface area contributed by atoms with E-state index in [9.17, 15) is 0 Å². The standard InChI is InChI=1S/C15H22IN5/c1-6-7-17-14-11(16)8-18-13(19-14)10-9-21(5)20-12(10)15(2,3)4/h8-9H,6-7H2,1-5H3,(H,17,18,19). The lowest BCUT2D eigenvalue weighted by molar-refractivity contribution is 0.554. The van der Waals surface area contributed by atoms with Gasteiger partial charge in [0.1, 0.15) is 5.82 Å². The van der Waals surface area contributed by atoms with E-state index in [0.29, 0.717) is 0 Å². The fraction of sp³-hybridized carbons (Fsp3) is 0.533. The highest BCUT2D eigenvalue weighted by Gasteiger charge is 2.24. The summed E-state index contributed by atoms with van der Waals surface area (Å²) in [5.74, 6) is 1.62. The number of nitrogens with one attached hydrogen (secondary N) is 1. The zero-order valence-corrected chi connectivity index (χ0v) is 15.4. The van der Waals surface area contributed by atoms with Crippen LogP contribution in [0.3, 0.4) is 0 Å². The minimum Gasteiger partial charge on any atom is -0.369 e. The van der Waals surface area contributed by atoms with Crippen LogP contribution in [0.1, 0.15) is 39.8 Å². The van der Waals surface area contributed by atoms with Crippen molar-refractivity contribution in [3.8, 4) is 11.4 Å². The molecule has 1 N–H and O–H groups in total. The van der Waals surface area contributed by atoms with E-state index in [-0.39, 0.29) is 5.41 Å². The maximum Gasteiger partial charge on any atom is 0.165 e. The first-order valence-electron chi connectivity index (χ1n) is 7.14. The van der Waals surface area contributed by atoms with Gasteiger partial charge in [-0.1, -0.05) is 27.7 Å². The molecule has 21 heavy (non-hydrogen) atoms. The topological polar surface area (TPSA) is 55.6 Å². The van der Waals surface area contributed by atoms with E-state index in [2.05, 4.69) is 70.7 Å². The van der Waals surface area contributed by atoms with Gasteiger partial charge in [-0.3, -0.25) is 4.68 Å². The first-order valence-corrected chi connectivity index (χ1v) is 8.21. The third kappa shape index (κ3) is 3.72. The normalized spacial score (nSPS) is 11.7. The fourth-order valence-corrected chi connectivity index (χ4v) is 2.52. The summed E-state index contributed by atoms with van der Waals surface area (Å²) in [6.07, 6.45) is 4.92. The third-order valence-electron chi connectivity index (χ3n) is 3.07. The van der Waals surface area contributed by atoms with Gasteiger partial charge in [0.2, 0.25) is 0 Å². The van der Waals surface area contributed by atoms with Gasteiger partial charge < -0.3 is 5.32 Å². The molecule has 0 saturated heterocycles. The molecule has 0 aliphatic carbocycles. The number of anilines is 1. The lowest BCUT2D eigenvalue weighted by atomic mass is 9.89. The number of nitrogens with zero attached hydrogens (tertiary/aromatic N) is 4. The summed E-state index contributed by atoms with van der Waals surface area (Å²) < 4.78 is 2.86. The lowest BCUT2D eigenvalue weighted by Crippen LogP contribution is -2.14. The van der Waals surface area contributed by atoms with Crippen LogP contribution in [0.5, 0.6) is 0 Å². The number of hydrogen-bond donors (Lipinski definition) is 1. The van der Waals surface area contributed by atoms with Crippen LogP contribution in [0.15, 0.2) is 12.4 Å². The van der Waals surface area contributed by atoms with Crippen molar-refractivity contribution >= 4 is 28.4 Å². The predicted molar refractivity (Wildman–Crippen MR) is 94.4 cm³/mol. The van der Waals surface area contributed by atoms with Crippen LogP contribution in [0, 0.1) is 3.57 Å². The van der Waals surface area contributed by atoms with Crippen molar-refractivity contribution in [2.45, 2.75) is 39.5 Å². The van der Waals surface area contributed by atoms with E-state index in [0.717, 1.165) is 39.4 Å². The zero-order valence-electron chi connectivity index (χ0n) is 13.2. The molecule has 0 fully saturated rings. The first kappa shape index (κ1) is 16.2. The molecule has 114 valence electrons. The van der Waals surface area contributed by atoms with Gasteiger partial charge in [-0.05, 0) is 29.0 Å². The minimum atomic E-state index is -0.0417. The summed E-state index contributed by atoms with van der Waals surface area (Å²) in [4.78, 5) is 9.18. The number of aromatic nitrogens is 4. The van der Waals surface area contributed by atoms with Crippen LogP contribution in [-0.4, -0.2) is 26.3 Å². The Morgan fingerprint density at radius 1 is 1.33 bits per heavy atom. The number of aryl methyl sites for hydroxylation is 1. The summed E-state index contributed by atoms with van der Waals surface area (Å²) in [7, 11) is 1.93. The second-order valence-corrected chi connectivity index (χ2v) is 7.29. The molecule has 2 aromatic heterocycles. The van der Waals surface area contributed by atoms with Crippen LogP contribution in [0.4, 0.5) is 5.82 Å². The van der Waals surface area contributed by atoms with Crippen LogP contribution in [-0.2, 0) is 12.5 Å². The number of hydrogen-bond acceptors (Lipinski definition) is 4. The molecule has 0 unspecified atom stereocenters. The quantitative estimate of drug-likeness (QED) is 0.799. The monoisotopic (exact) mass is 399 g/mol. The molecule has 0 spiro atoms. The zero-order chi connectivity index (χ0) is 15.6. The van der Waals surface area contributed by atoms with Gasteiger partial charge in [0.15, 0.2) is 5.82 Å². The van der Waals surface area contributed by atoms with E-state index >= 15 is 0 Å². The molecular weight excluding hydrogens is 377 g/mol.